The van der Waals surface area contributed by atoms with Crippen molar-refractivity contribution >= 4 is 11.6 Å². The van der Waals surface area contributed by atoms with Crippen molar-refractivity contribution in [1.82, 2.24) is 14.8 Å². The second-order valence-corrected chi connectivity index (χ2v) is 5.77. The summed E-state index contributed by atoms with van der Waals surface area (Å²) in [4.78, 5) is 16.0. The lowest BCUT2D eigenvalue weighted by Crippen LogP contribution is -2.15. The molecule has 1 N–H and O–H groups in total. The number of hydrogen-bond donors (Lipinski definition) is 1. The van der Waals surface area contributed by atoms with E-state index in [4.69, 9.17) is 4.74 Å². The third-order valence-electron chi connectivity index (χ3n) is 3.91. The number of carbonyl (C=O) groups excluding carboxylic acids is 1. The van der Waals surface area contributed by atoms with Crippen LogP contribution in [0.25, 0.3) is 11.1 Å². The van der Waals surface area contributed by atoms with Gasteiger partial charge in [0.15, 0.2) is 0 Å². The average Bonchev–Trinajstić information content (AvgIpc) is 3.21. The summed E-state index contributed by atoms with van der Waals surface area (Å²) in [5.74, 6) is 0.414. The standard InChI is InChI=1S/C19H18F2N4O3/c1-27-15-5-2-13(3-6-15)16-10-14(4-7-17(16)28-19(20)21)24-18(26)8-9-25-12-22-11-23-25/h2-7,10-12,19H,8-9H2,1H3,(H,24,26). The quantitative estimate of drug-likeness (QED) is 0.638. The summed E-state index contributed by atoms with van der Waals surface area (Å²) in [7, 11) is 1.54. The molecule has 2 aromatic carbocycles. The molecule has 0 aliphatic rings. The second-order valence-electron chi connectivity index (χ2n) is 5.77. The van der Waals surface area contributed by atoms with Crippen LogP contribution in [0.15, 0.2) is 55.1 Å². The highest BCUT2D eigenvalue weighted by Crippen LogP contribution is 2.34. The summed E-state index contributed by atoms with van der Waals surface area (Å²) < 4.78 is 36.8. The minimum atomic E-state index is -2.96. The molecule has 146 valence electrons. The molecule has 0 unspecified atom stereocenters. The summed E-state index contributed by atoms with van der Waals surface area (Å²) >= 11 is 0. The van der Waals surface area contributed by atoms with Gasteiger partial charge in [0.2, 0.25) is 5.91 Å². The molecule has 0 saturated heterocycles. The number of halogens is 2. The highest BCUT2D eigenvalue weighted by molar-refractivity contribution is 5.92. The number of benzene rings is 2. The first kappa shape index (κ1) is 19.3. The molecule has 0 bridgehead atoms. The minimum Gasteiger partial charge on any atom is -0.497 e. The van der Waals surface area contributed by atoms with Gasteiger partial charge < -0.3 is 14.8 Å². The molecule has 0 saturated carbocycles. The molecule has 1 heterocycles. The van der Waals surface area contributed by atoms with E-state index in [2.05, 4.69) is 20.1 Å². The van der Waals surface area contributed by atoms with Crippen molar-refractivity contribution in [1.29, 1.82) is 0 Å². The SMILES string of the molecule is COc1ccc(-c2cc(NC(=O)CCn3cncn3)ccc2OC(F)F)cc1. The smallest absolute Gasteiger partial charge is 0.387 e. The maximum atomic E-state index is 12.8. The molecule has 0 spiro atoms. The summed E-state index contributed by atoms with van der Waals surface area (Å²) in [6, 6.07) is 11.4. The number of aryl methyl sites for hydroxylation is 1. The number of ether oxygens (including phenoxy) is 2. The molecular formula is C19H18F2N4O3. The zero-order chi connectivity index (χ0) is 19.9. The Morgan fingerprint density at radius 1 is 1.21 bits per heavy atom. The summed E-state index contributed by atoms with van der Waals surface area (Å²) in [6.07, 6.45) is 3.10. The van der Waals surface area contributed by atoms with Gasteiger partial charge in [-0.25, -0.2) is 4.98 Å². The molecule has 0 fully saturated rings. The van der Waals surface area contributed by atoms with Crippen molar-refractivity contribution in [3.8, 4) is 22.6 Å². The Hall–Kier alpha value is -3.49. The Labute approximate surface area is 159 Å². The lowest BCUT2D eigenvalue weighted by Gasteiger charge is -2.14. The van der Waals surface area contributed by atoms with Gasteiger partial charge in [0.1, 0.15) is 24.2 Å². The number of rotatable bonds is 8. The van der Waals surface area contributed by atoms with Gasteiger partial charge in [0.05, 0.1) is 13.7 Å². The first-order valence-corrected chi connectivity index (χ1v) is 8.40. The van der Waals surface area contributed by atoms with Crippen molar-refractivity contribution < 1.29 is 23.0 Å². The van der Waals surface area contributed by atoms with Gasteiger partial charge in [-0.2, -0.15) is 13.9 Å². The van der Waals surface area contributed by atoms with Crippen molar-refractivity contribution in [3.63, 3.8) is 0 Å². The molecule has 0 atom stereocenters. The van der Waals surface area contributed by atoms with Crippen LogP contribution < -0.4 is 14.8 Å². The second kappa shape index (κ2) is 8.94. The number of nitrogens with one attached hydrogen (secondary N) is 1. The van der Waals surface area contributed by atoms with E-state index in [0.29, 0.717) is 29.1 Å². The number of methoxy groups -OCH3 is 1. The van der Waals surface area contributed by atoms with Gasteiger partial charge in [-0.1, -0.05) is 12.1 Å². The maximum absolute atomic E-state index is 12.8. The number of amides is 1. The van der Waals surface area contributed by atoms with Crippen molar-refractivity contribution in [2.45, 2.75) is 19.6 Å². The van der Waals surface area contributed by atoms with Gasteiger partial charge >= 0.3 is 6.61 Å². The molecular weight excluding hydrogens is 370 g/mol. The Kier molecular flexibility index (Phi) is 6.15. The van der Waals surface area contributed by atoms with Crippen LogP contribution in [-0.2, 0) is 11.3 Å². The van der Waals surface area contributed by atoms with E-state index >= 15 is 0 Å². The van der Waals surface area contributed by atoms with Crippen LogP contribution in [-0.4, -0.2) is 34.4 Å². The van der Waals surface area contributed by atoms with Crippen molar-refractivity contribution in [2.75, 3.05) is 12.4 Å². The Balaban J connectivity index is 1.79. The van der Waals surface area contributed by atoms with Gasteiger partial charge in [-0.15, -0.1) is 0 Å². The van der Waals surface area contributed by atoms with E-state index in [1.807, 2.05) is 0 Å². The van der Waals surface area contributed by atoms with E-state index in [9.17, 15) is 13.6 Å². The van der Waals surface area contributed by atoms with Crippen LogP contribution in [0.5, 0.6) is 11.5 Å². The summed E-state index contributed by atoms with van der Waals surface area (Å²) in [6.45, 7) is -2.58. The number of alkyl halides is 2. The van der Waals surface area contributed by atoms with Crippen molar-refractivity contribution in [2.24, 2.45) is 0 Å². The largest absolute Gasteiger partial charge is 0.497 e. The van der Waals surface area contributed by atoms with Gasteiger partial charge in [0, 0.05) is 17.7 Å². The molecule has 1 aromatic heterocycles. The first-order chi connectivity index (χ1) is 13.5. The fraction of sp³-hybridized carbons (Fsp3) is 0.211. The van der Waals surface area contributed by atoms with E-state index < -0.39 is 6.61 Å². The minimum absolute atomic E-state index is 0.0146. The van der Waals surface area contributed by atoms with Crippen LogP contribution in [0.1, 0.15) is 6.42 Å². The van der Waals surface area contributed by atoms with Crippen LogP contribution in [0.2, 0.25) is 0 Å². The topological polar surface area (TPSA) is 78.3 Å². The lowest BCUT2D eigenvalue weighted by atomic mass is 10.0. The highest BCUT2D eigenvalue weighted by Gasteiger charge is 2.14. The van der Waals surface area contributed by atoms with Crippen LogP contribution in [0.4, 0.5) is 14.5 Å². The Morgan fingerprint density at radius 2 is 2.00 bits per heavy atom. The van der Waals surface area contributed by atoms with Gasteiger partial charge in [-0.3, -0.25) is 9.48 Å². The highest BCUT2D eigenvalue weighted by atomic mass is 19.3. The van der Waals surface area contributed by atoms with E-state index in [0.717, 1.165) is 0 Å². The van der Waals surface area contributed by atoms with Crippen LogP contribution in [0, 0.1) is 0 Å². The normalized spacial score (nSPS) is 10.7. The molecule has 28 heavy (non-hydrogen) atoms. The fourth-order valence-electron chi connectivity index (χ4n) is 2.59. The lowest BCUT2D eigenvalue weighted by molar-refractivity contribution is -0.116. The number of carbonyl (C=O) groups is 1. The van der Waals surface area contributed by atoms with Gasteiger partial charge in [-0.05, 0) is 35.9 Å². The van der Waals surface area contributed by atoms with E-state index in [-0.39, 0.29) is 18.1 Å². The predicted octanol–water partition coefficient (Wildman–Crippen LogP) is 3.58. The number of anilines is 1. The monoisotopic (exact) mass is 388 g/mol. The molecule has 0 aliphatic carbocycles. The van der Waals surface area contributed by atoms with E-state index in [1.165, 1.54) is 31.9 Å². The predicted molar refractivity (Wildman–Crippen MR) is 98.3 cm³/mol. The molecule has 1 amide bonds. The number of aromatic nitrogens is 3. The molecule has 0 aliphatic heterocycles. The zero-order valence-electron chi connectivity index (χ0n) is 15.0. The summed E-state index contributed by atoms with van der Waals surface area (Å²) in [5.41, 5.74) is 1.54. The zero-order valence-corrected chi connectivity index (χ0v) is 15.0. The van der Waals surface area contributed by atoms with Crippen LogP contribution >= 0.6 is 0 Å². The van der Waals surface area contributed by atoms with Gasteiger partial charge in [0.25, 0.3) is 0 Å². The van der Waals surface area contributed by atoms with Crippen LogP contribution in [0.3, 0.4) is 0 Å². The molecule has 9 heteroatoms. The molecule has 3 aromatic rings. The molecule has 0 radical (unpaired) electrons. The fourth-order valence-corrected chi connectivity index (χ4v) is 2.59. The summed E-state index contributed by atoms with van der Waals surface area (Å²) in [5, 5.41) is 6.68. The van der Waals surface area contributed by atoms with Crippen molar-refractivity contribution in [3.05, 3.63) is 55.1 Å². The third kappa shape index (κ3) is 5.03. The number of hydrogen-bond acceptors (Lipinski definition) is 5. The maximum Gasteiger partial charge on any atom is 0.387 e. The molecule has 7 nitrogen and oxygen atoms in total. The third-order valence-corrected chi connectivity index (χ3v) is 3.91. The Morgan fingerprint density at radius 3 is 2.64 bits per heavy atom. The number of nitrogens with zero attached hydrogens (tertiary/aromatic N) is 3. The average molecular weight is 388 g/mol. The first-order valence-electron chi connectivity index (χ1n) is 8.40. The Bertz CT molecular complexity index is 915. The van der Waals surface area contributed by atoms with E-state index in [1.54, 1.807) is 35.0 Å². The molecule has 3 rings (SSSR count).